The molecular formula is C20H29N3O3. The summed E-state index contributed by atoms with van der Waals surface area (Å²) in [6.45, 7) is 7.25. The van der Waals surface area contributed by atoms with Gasteiger partial charge in [-0.2, -0.15) is 0 Å². The molecule has 0 unspecified atom stereocenters. The highest BCUT2D eigenvalue weighted by Gasteiger charge is 2.25. The van der Waals surface area contributed by atoms with Crippen LogP contribution in [-0.4, -0.2) is 54.6 Å². The van der Waals surface area contributed by atoms with Gasteiger partial charge in [-0.05, 0) is 62.9 Å². The summed E-state index contributed by atoms with van der Waals surface area (Å²) in [5.74, 6) is -0.454. The quantitative estimate of drug-likeness (QED) is 0.817. The lowest BCUT2D eigenvalue weighted by molar-refractivity contribution is -0.115. The maximum atomic E-state index is 11.9. The summed E-state index contributed by atoms with van der Waals surface area (Å²) in [6.07, 6.45) is 5.34. The molecule has 2 aliphatic heterocycles. The van der Waals surface area contributed by atoms with Crippen LogP contribution in [0.4, 0.5) is 11.4 Å². The summed E-state index contributed by atoms with van der Waals surface area (Å²) in [5.41, 5.74) is 1.74. The van der Waals surface area contributed by atoms with Gasteiger partial charge in [0.25, 0.3) is 0 Å². The molecule has 0 saturated carbocycles. The minimum Gasteiger partial charge on any atom is -0.478 e. The summed E-state index contributed by atoms with van der Waals surface area (Å²) in [4.78, 5) is 28.1. The first-order valence-electron chi connectivity index (χ1n) is 9.71. The second-order valence-corrected chi connectivity index (χ2v) is 7.40. The third-order valence-electron chi connectivity index (χ3n) is 5.41. The molecule has 26 heavy (non-hydrogen) atoms. The van der Waals surface area contributed by atoms with Gasteiger partial charge in [0.15, 0.2) is 0 Å². The van der Waals surface area contributed by atoms with Crippen molar-refractivity contribution in [3.05, 3.63) is 23.8 Å². The van der Waals surface area contributed by atoms with Crippen molar-refractivity contribution in [3.63, 3.8) is 0 Å². The smallest absolute Gasteiger partial charge is 0.335 e. The van der Waals surface area contributed by atoms with Gasteiger partial charge in [0.2, 0.25) is 5.91 Å². The number of anilines is 2. The Morgan fingerprint density at radius 2 is 1.96 bits per heavy atom. The Kier molecular flexibility index (Phi) is 6.14. The molecule has 0 bridgehead atoms. The van der Waals surface area contributed by atoms with Gasteiger partial charge in [-0.1, -0.05) is 6.92 Å². The lowest BCUT2D eigenvalue weighted by atomic mass is 9.96. The minimum atomic E-state index is -0.978. The molecule has 1 aromatic carbocycles. The predicted molar refractivity (Wildman–Crippen MR) is 103 cm³/mol. The van der Waals surface area contributed by atoms with E-state index < -0.39 is 5.97 Å². The molecule has 6 heteroatoms. The van der Waals surface area contributed by atoms with E-state index in [1.807, 2.05) is 6.07 Å². The highest BCUT2D eigenvalue weighted by molar-refractivity contribution is 5.97. The molecule has 0 aliphatic carbocycles. The van der Waals surface area contributed by atoms with Crippen molar-refractivity contribution in [1.82, 2.24) is 4.90 Å². The van der Waals surface area contributed by atoms with Crippen LogP contribution < -0.4 is 10.2 Å². The first-order chi connectivity index (χ1) is 12.6. The zero-order valence-corrected chi connectivity index (χ0v) is 15.5. The maximum Gasteiger partial charge on any atom is 0.335 e. The number of benzene rings is 1. The van der Waals surface area contributed by atoms with E-state index in [0.29, 0.717) is 18.0 Å². The van der Waals surface area contributed by atoms with E-state index in [2.05, 4.69) is 15.1 Å². The minimum absolute atomic E-state index is 0.0978. The van der Waals surface area contributed by atoms with Crippen molar-refractivity contribution >= 4 is 23.3 Å². The first kappa shape index (κ1) is 18.7. The van der Waals surface area contributed by atoms with Gasteiger partial charge < -0.3 is 20.2 Å². The Morgan fingerprint density at radius 1 is 1.19 bits per heavy atom. The van der Waals surface area contributed by atoms with Gasteiger partial charge >= 0.3 is 5.97 Å². The van der Waals surface area contributed by atoms with E-state index in [0.717, 1.165) is 31.7 Å². The van der Waals surface area contributed by atoms with Gasteiger partial charge in [-0.3, -0.25) is 4.79 Å². The molecule has 0 aromatic heterocycles. The van der Waals surface area contributed by atoms with Crippen LogP contribution in [-0.2, 0) is 4.79 Å². The first-order valence-corrected chi connectivity index (χ1v) is 9.71. The largest absolute Gasteiger partial charge is 0.478 e. The second kappa shape index (κ2) is 8.54. The normalized spacial score (nSPS) is 21.0. The van der Waals surface area contributed by atoms with Gasteiger partial charge in [0.1, 0.15) is 0 Å². The lowest BCUT2D eigenvalue weighted by Crippen LogP contribution is -2.40. The molecule has 3 rings (SSSR count). The Hall–Kier alpha value is -2.08. The number of carboxylic acids is 1. The fourth-order valence-corrected chi connectivity index (χ4v) is 4.05. The molecule has 1 amide bonds. The van der Waals surface area contributed by atoms with E-state index in [9.17, 15) is 14.7 Å². The summed E-state index contributed by atoms with van der Waals surface area (Å²) in [7, 11) is 0. The topological polar surface area (TPSA) is 72.9 Å². The predicted octanol–water partition coefficient (Wildman–Crippen LogP) is 3.05. The molecule has 6 nitrogen and oxygen atoms in total. The van der Waals surface area contributed by atoms with Crippen molar-refractivity contribution in [2.45, 2.75) is 39.0 Å². The number of carbonyl (C=O) groups is 2. The van der Waals surface area contributed by atoms with Crippen LogP contribution in [0.15, 0.2) is 18.2 Å². The number of piperidine rings is 1. The van der Waals surface area contributed by atoms with E-state index >= 15 is 0 Å². The number of hydrogen-bond acceptors (Lipinski definition) is 4. The number of rotatable bonds is 6. The van der Waals surface area contributed by atoms with Crippen molar-refractivity contribution < 1.29 is 14.7 Å². The maximum absolute atomic E-state index is 11.9. The van der Waals surface area contributed by atoms with Crippen LogP contribution in [0.3, 0.4) is 0 Å². The number of hydrogen-bond donors (Lipinski definition) is 2. The van der Waals surface area contributed by atoms with E-state index in [1.54, 1.807) is 19.1 Å². The second-order valence-electron chi connectivity index (χ2n) is 7.40. The van der Waals surface area contributed by atoms with E-state index in [1.165, 1.54) is 32.4 Å². The Balaban J connectivity index is 1.77. The van der Waals surface area contributed by atoms with Gasteiger partial charge in [0.05, 0.1) is 16.9 Å². The molecule has 2 N–H and O–H groups in total. The monoisotopic (exact) mass is 359 g/mol. The molecule has 2 heterocycles. The fraction of sp³-hybridized carbons (Fsp3) is 0.600. The van der Waals surface area contributed by atoms with Crippen LogP contribution in [0.2, 0.25) is 0 Å². The number of nitrogens with zero attached hydrogens (tertiary/aromatic N) is 2. The average Bonchev–Trinajstić information content (AvgIpc) is 3.14. The third kappa shape index (κ3) is 4.55. The average molecular weight is 359 g/mol. The molecule has 0 spiro atoms. The standard InChI is InChI=1S/C20H29N3O3/c1-2-19(24)21-17-12-16(20(25)26)7-8-18(17)23-11-5-6-15(14-23)13-22-9-3-4-10-22/h7-8,12,15H,2-6,9-11,13-14H2,1H3,(H,21,24)(H,25,26)/t15-/m1/s1. The zero-order valence-electron chi connectivity index (χ0n) is 15.5. The zero-order chi connectivity index (χ0) is 18.5. The molecule has 0 radical (unpaired) electrons. The van der Waals surface area contributed by atoms with E-state index in [-0.39, 0.29) is 11.5 Å². The molecule has 2 fully saturated rings. The van der Waals surface area contributed by atoms with Gasteiger partial charge in [-0.15, -0.1) is 0 Å². The molecule has 142 valence electrons. The van der Waals surface area contributed by atoms with Crippen LogP contribution in [0.1, 0.15) is 49.4 Å². The van der Waals surface area contributed by atoms with Crippen molar-refractivity contribution in [1.29, 1.82) is 0 Å². The van der Waals surface area contributed by atoms with Crippen LogP contribution >= 0.6 is 0 Å². The molecule has 2 aliphatic rings. The molecule has 1 aromatic rings. The SMILES string of the molecule is CCC(=O)Nc1cc(C(=O)O)ccc1N1CCC[C@H](CN2CCCC2)C1. The Labute approximate surface area is 155 Å². The number of carboxylic acid groups (broad SMARTS) is 1. The summed E-state index contributed by atoms with van der Waals surface area (Å²) in [5, 5.41) is 12.2. The number of carbonyl (C=O) groups excluding carboxylic acids is 1. The number of nitrogens with one attached hydrogen (secondary N) is 1. The van der Waals surface area contributed by atoms with Crippen molar-refractivity contribution in [2.75, 3.05) is 42.9 Å². The van der Waals surface area contributed by atoms with Crippen molar-refractivity contribution in [3.8, 4) is 0 Å². The Morgan fingerprint density at radius 3 is 2.65 bits per heavy atom. The summed E-state index contributed by atoms with van der Waals surface area (Å²) in [6, 6.07) is 5.05. The van der Waals surface area contributed by atoms with Crippen LogP contribution in [0.25, 0.3) is 0 Å². The van der Waals surface area contributed by atoms with Crippen LogP contribution in [0.5, 0.6) is 0 Å². The van der Waals surface area contributed by atoms with Gasteiger partial charge in [0, 0.05) is 26.1 Å². The summed E-state index contributed by atoms with van der Waals surface area (Å²) >= 11 is 0. The number of aromatic carboxylic acids is 1. The van der Waals surface area contributed by atoms with Crippen molar-refractivity contribution in [2.24, 2.45) is 5.92 Å². The van der Waals surface area contributed by atoms with Gasteiger partial charge in [-0.25, -0.2) is 4.79 Å². The third-order valence-corrected chi connectivity index (χ3v) is 5.41. The van der Waals surface area contributed by atoms with E-state index in [4.69, 9.17) is 0 Å². The molecule has 1 atom stereocenters. The number of amides is 1. The summed E-state index contributed by atoms with van der Waals surface area (Å²) < 4.78 is 0. The van der Waals surface area contributed by atoms with Crippen LogP contribution in [0, 0.1) is 5.92 Å². The fourth-order valence-electron chi connectivity index (χ4n) is 4.05. The highest BCUT2D eigenvalue weighted by Crippen LogP contribution is 2.32. The molecular weight excluding hydrogens is 330 g/mol. The highest BCUT2D eigenvalue weighted by atomic mass is 16.4. The lowest BCUT2D eigenvalue weighted by Gasteiger charge is -2.37. The Bertz CT molecular complexity index is 656. The molecule has 2 saturated heterocycles. The number of likely N-dealkylation sites (tertiary alicyclic amines) is 1.